The maximum absolute atomic E-state index is 13.0. The number of ether oxygens (including phenoxy) is 1. The molecule has 0 unspecified atom stereocenters. The molecule has 3 heterocycles. The maximum atomic E-state index is 13.0. The minimum atomic E-state index is -3.75. The number of nitrogens with zero attached hydrogens (tertiary/aromatic N) is 4. The first-order valence-electron chi connectivity index (χ1n) is 10.1. The predicted molar refractivity (Wildman–Crippen MR) is 120 cm³/mol. The number of rotatable bonds is 5. The summed E-state index contributed by atoms with van der Waals surface area (Å²) in [5.74, 6) is 0.800. The number of hydrogen-bond donors (Lipinski definition) is 1. The van der Waals surface area contributed by atoms with Crippen LogP contribution in [0.4, 0.5) is 11.5 Å². The highest BCUT2D eigenvalue weighted by Crippen LogP contribution is 2.33. The quantitative estimate of drug-likeness (QED) is 0.652. The standard InChI is InChI=1S/C22H25N5O3S/c1-15-6-4-5-7-20(15)31(28,29)26-19-12-18(13-23-16(19)2)21-17(3)24-14-25-22(21)27-8-10-30-11-9-27/h4-7,12-14,26H,8-11H2,1-3H3. The zero-order valence-corrected chi connectivity index (χ0v) is 18.6. The van der Waals surface area contributed by atoms with Gasteiger partial charge in [-0.1, -0.05) is 18.2 Å². The lowest BCUT2D eigenvalue weighted by Gasteiger charge is -2.29. The van der Waals surface area contributed by atoms with E-state index in [1.54, 1.807) is 50.6 Å². The fourth-order valence-electron chi connectivity index (χ4n) is 3.64. The molecule has 0 bridgehead atoms. The van der Waals surface area contributed by atoms with Crippen LogP contribution in [0.2, 0.25) is 0 Å². The molecule has 0 spiro atoms. The highest BCUT2D eigenvalue weighted by molar-refractivity contribution is 7.92. The highest BCUT2D eigenvalue weighted by atomic mass is 32.2. The summed E-state index contributed by atoms with van der Waals surface area (Å²) >= 11 is 0. The Labute approximate surface area is 182 Å². The van der Waals surface area contributed by atoms with Gasteiger partial charge in [-0.2, -0.15) is 0 Å². The smallest absolute Gasteiger partial charge is 0.262 e. The second kappa shape index (κ2) is 8.60. The number of aromatic nitrogens is 3. The minimum absolute atomic E-state index is 0.244. The van der Waals surface area contributed by atoms with Gasteiger partial charge in [0.05, 0.1) is 35.2 Å². The van der Waals surface area contributed by atoms with Gasteiger partial charge >= 0.3 is 0 Å². The Morgan fingerprint density at radius 1 is 1.00 bits per heavy atom. The van der Waals surface area contributed by atoms with Crippen molar-refractivity contribution < 1.29 is 13.2 Å². The van der Waals surface area contributed by atoms with Gasteiger partial charge in [0, 0.05) is 30.4 Å². The lowest BCUT2D eigenvalue weighted by molar-refractivity contribution is 0.122. The minimum Gasteiger partial charge on any atom is -0.378 e. The van der Waals surface area contributed by atoms with Crippen LogP contribution in [-0.2, 0) is 14.8 Å². The molecule has 2 aromatic heterocycles. The summed E-state index contributed by atoms with van der Waals surface area (Å²) in [6, 6.07) is 8.69. The van der Waals surface area contributed by atoms with Gasteiger partial charge in [-0.15, -0.1) is 0 Å². The maximum Gasteiger partial charge on any atom is 0.262 e. The number of nitrogens with one attached hydrogen (secondary N) is 1. The molecule has 8 nitrogen and oxygen atoms in total. The molecule has 4 rings (SSSR count). The van der Waals surface area contributed by atoms with Gasteiger partial charge in [0.25, 0.3) is 10.0 Å². The van der Waals surface area contributed by atoms with E-state index in [-0.39, 0.29) is 4.90 Å². The van der Waals surface area contributed by atoms with Crippen LogP contribution in [0.25, 0.3) is 11.1 Å². The number of morpholine rings is 1. The molecule has 1 aliphatic heterocycles. The number of hydrogen-bond acceptors (Lipinski definition) is 7. The molecule has 0 saturated carbocycles. The molecular weight excluding hydrogens is 414 g/mol. The number of sulfonamides is 1. The van der Waals surface area contributed by atoms with Gasteiger partial charge < -0.3 is 9.64 Å². The second-order valence-corrected chi connectivity index (χ2v) is 9.14. The van der Waals surface area contributed by atoms with E-state index in [0.717, 1.165) is 35.7 Å². The van der Waals surface area contributed by atoms with Crippen molar-refractivity contribution in [2.45, 2.75) is 25.7 Å². The highest BCUT2D eigenvalue weighted by Gasteiger charge is 2.22. The molecule has 1 N–H and O–H groups in total. The summed E-state index contributed by atoms with van der Waals surface area (Å²) in [7, 11) is -3.75. The SMILES string of the molecule is Cc1ccccc1S(=O)(=O)Nc1cc(-c2c(C)ncnc2N2CCOCC2)cnc1C. The Balaban J connectivity index is 1.75. The third kappa shape index (κ3) is 4.38. The number of aryl methyl sites for hydroxylation is 3. The van der Waals surface area contributed by atoms with Crippen molar-refractivity contribution in [3.63, 3.8) is 0 Å². The van der Waals surface area contributed by atoms with Crippen LogP contribution in [-0.4, -0.2) is 49.7 Å². The third-order valence-corrected chi connectivity index (χ3v) is 6.86. The molecule has 1 fully saturated rings. The Kier molecular flexibility index (Phi) is 5.88. The first-order chi connectivity index (χ1) is 14.9. The van der Waals surface area contributed by atoms with E-state index >= 15 is 0 Å². The number of benzene rings is 1. The number of pyridine rings is 1. The topological polar surface area (TPSA) is 97.3 Å². The molecule has 3 aromatic rings. The fraction of sp³-hybridized carbons (Fsp3) is 0.318. The van der Waals surface area contributed by atoms with E-state index in [1.807, 2.05) is 13.0 Å². The molecule has 0 radical (unpaired) electrons. The third-order valence-electron chi connectivity index (χ3n) is 5.33. The lowest BCUT2D eigenvalue weighted by atomic mass is 10.0. The molecule has 162 valence electrons. The predicted octanol–water partition coefficient (Wildman–Crippen LogP) is 3.10. The molecule has 0 amide bonds. The van der Waals surface area contributed by atoms with Crippen molar-refractivity contribution in [2.75, 3.05) is 35.9 Å². The van der Waals surface area contributed by atoms with Crippen molar-refractivity contribution in [3.8, 4) is 11.1 Å². The van der Waals surface area contributed by atoms with Crippen LogP contribution in [0.15, 0.2) is 47.8 Å². The van der Waals surface area contributed by atoms with Gasteiger partial charge in [-0.25, -0.2) is 18.4 Å². The Bertz CT molecular complexity index is 1210. The summed E-state index contributed by atoms with van der Waals surface area (Å²) in [5.41, 5.74) is 4.09. The van der Waals surface area contributed by atoms with E-state index < -0.39 is 10.0 Å². The molecule has 0 aliphatic carbocycles. The molecule has 1 saturated heterocycles. The Morgan fingerprint density at radius 3 is 2.48 bits per heavy atom. The van der Waals surface area contributed by atoms with Crippen molar-refractivity contribution >= 4 is 21.5 Å². The largest absolute Gasteiger partial charge is 0.378 e. The average molecular weight is 440 g/mol. The lowest BCUT2D eigenvalue weighted by Crippen LogP contribution is -2.37. The van der Waals surface area contributed by atoms with Crippen molar-refractivity contribution in [1.29, 1.82) is 0 Å². The first kappa shape index (κ1) is 21.2. The number of anilines is 2. The Hall–Kier alpha value is -3.04. The summed E-state index contributed by atoms with van der Waals surface area (Å²) in [6.45, 7) is 8.20. The normalized spacial score (nSPS) is 14.5. The van der Waals surface area contributed by atoms with Crippen LogP contribution in [0.5, 0.6) is 0 Å². The summed E-state index contributed by atoms with van der Waals surface area (Å²) in [6.07, 6.45) is 3.28. The van der Waals surface area contributed by atoms with Crippen molar-refractivity contribution in [2.24, 2.45) is 0 Å². The van der Waals surface area contributed by atoms with E-state index in [2.05, 4.69) is 24.6 Å². The van der Waals surface area contributed by atoms with Crippen LogP contribution in [0, 0.1) is 20.8 Å². The zero-order chi connectivity index (χ0) is 22.0. The van der Waals surface area contributed by atoms with Gasteiger partial charge in [0.2, 0.25) is 0 Å². The zero-order valence-electron chi connectivity index (χ0n) is 17.8. The van der Waals surface area contributed by atoms with Gasteiger partial charge in [-0.3, -0.25) is 9.71 Å². The van der Waals surface area contributed by atoms with Crippen LogP contribution in [0.1, 0.15) is 17.0 Å². The monoisotopic (exact) mass is 439 g/mol. The van der Waals surface area contributed by atoms with Gasteiger partial charge in [0.15, 0.2) is 0 Å². The summed E-state index contributed by atoms with van der Waals surface area (Å²) in [4.78, 5) is 15.7. The van der Waals surface area contributed by atoms with Gasteiger partial charge in [0.1, 0.15) is 12.1 Å². The van der Waals surface area contributed by atoms with Crippen LogP contribution >= 0.6 is 0 Å². The average Bonchev–Trinajstić information content (AvgIpc) is 2.76. The fourth-order valence-corrected chi connectivity index (χ4v) is 5.00. The molecule has 1 aliphatic rings. The van der Waals surface area contributed by atoms with E-state index in [9.17, 15) is 8.42 Å². The molecular formula is C22H25N5O3S. The van der Waals surface area contributed by atoms with Crippen LogP contribution in [0.3, 0.4) is 0 Å². The van der Waals surface area contributed by atoms with E-state index in [1.165, 1.54) is 0 Å². The summed E-state index contributed by atoms with van der Waals surface area (Å²) in [5, 5.41) is 0. The van der Waals surface area contributed by atoms with E-state index in [0.29, 0.717) is 30.2 Å². The van der Waals surface area contributed by atoms with Crippen molar-refractivity contribution in [3.05, 3.63) is 59.8 Å². The van der Waals surface area contributed by atoms with Crippen LogP contribution < -0.4 is 9.62 Å². The molecule has 1 aromatic carbocycles. The molecule has 31 heavy (non-hydrogen) atoms. The summed E-state index contributed by atoms with van der Waals surface area (Å²) < 4.78 is 34.2. The van der Waals surface area contributed by atoms with Crippen molar-refractivity contribution in [1.82, 2.24) is 15.0 Å². The first-order valence-corrected chi connectivity index (χ1v) is 11.5. The van der Waals surface area contributed by atoms with E-state index in [4.69, 9.17) is 4.74 Å². The molecule has 0 atom stereocenters. The second-order valence-electron chi connectivity index (χ2n) is 7.49. The Morgan fingerprint density at radius 2 is 1.74 bits per heavy atom. The molecule has 9 heteroatoms. The van der Waals surface area contributed by atoms with Gasteiger partial charge in [-0.05, 0) is 38.5 Å².